The minimum absolute atomic E-state index is 0.0884. The molecule has 1 heterocycles. The van der Waals surface area contributed by atoms with Crippen LogP contribution in [-0.4, -0.2) is 31.5 Å². The maximum atomic E-state index is 11.2. The number of sulfone groups is 1. The van der Waals surface area contributed by atoms with Gasteiger partial charge in [-0.2, -0.15) is 0 Å². The zero-order valence-electron chi connectivity index (χ0n) is 10.2. The Balaban J connectivity index is 2.17. The van der Waals surface area contributed by atoms with Crippen LogP contribution in [0, 0.1) is 0 Å². The van der Waals surface area contributed by atoms with Crippen LogP contribution in [-0.2, 0) is 9.84 Å². The molecule has 0 aliphatic heterocycles. The SMILES string of the molecule is CC(CS(C)(=O)=O)Nc1nc2ccc(N)cc2s1. The average molecular weight is 285 g/mol. The standard InChI is InChI=1S/C11H15N3O2S2/c1-7(6-18(2,15)16)13-11-14-9-4-3-8(12)5-10(9)17-11/h3-5,7H,6,12H2,1-2H3,(H,13,14). The first kappa shape index (κ1) is 13.1. The minimum Gasteiger partial charge on any atom is -0.399 e. The number of nitrogens with one attached hydrogen (secondary N) is 1. The van der Waals surface area contributed by atoms with Gasteiger partial charge in [0.05, 0.1) is 16.0 Å². The van der Waals surface area contributed by atoms with E-state index in [-0.39, 0.29) is 11.8 Å². The monoisotopic (exact) mass is 285 g/mol. The van der Waals surface area contributed by atoms with Gasteiger partial charge in [-0.25, -0.2) is 13.4 Å². The van der Waals surface area contributed by atoms with E-state index in [1.807, 2.05) is 19.1 Å². The van der Waals surface area contributed by atoms with Crippen LogP contribution in [0.25, 0.3) is 10.2 Å². The van der Waals surface area contributed by atoms with Gasteiger partial charge in [-0.3, -0.25) is 0 Å². The lowest BCUT2D eigenvalue weighted by Gasteiger charge is -2.10. The molecule has 18 heavy (non-hydrogen) atoms. The normalized spacial score (nSPS) is 13.7. The van der Waals surface area contributed by atoms with Crippen LogP contribution in [0.5, 0.6) is 0 Å². The number of thiazole rings is 1. The van der Waals surface area contributed by atoms with Crippen molar-refractivity contribution in [2.75, 3.05) is 23.1 Å². The van der Waals surface area contributed by atoms with E-state index in [1.54, 1.807) is 6.07 Å². The van der Waals surface area contributed by atoms with Gasteiger partial charge in [-0.15, -0.1) is 0 Å². The summed E-state index contributed by atoms with van der Waals surface area (Å²) in [6.07, 6.45) is 1.23. The molecule has 98 valence electrons. The number of nitrogens with two attached hydrogens (primary N) is 1. The van der Waals surface area contributed by atoms with E-state index < -0.39 is 9.84 Å². The van der Waals surface area contributed by atoms with Gasteiger partial charge in [0.2, 0.25) is 0 Å². The molecule has 5 nitrogen and oxygen atoms in total. The van der Waals surface area contributed by atoms with Crippen molar-refractivity contribution in [3.05, 3.63) is 18.2 Å². The molecular weight excluding hydrogens is 270 g/mol. The van der Waals surface area contributed by atoms with E-state index in [2.05, 4.69) is 10.3 Å². The first-order chi connectivity index (χ1) is 8.33. The van der Waals surface area contributed by atoms with Gasteiger partial charge in [0, 0.05) is 18.0 Å². The molecule has 0 fully saturated rings. The molecule has 0 amide bonds. The van der Waals surface area contributed by atoms with E-state index in [0.717, 1.165) is 10.2 Å². The number of hydrogen-bond acceptors (Lipinski definition) is 6. The van der Waals surface area contributed by atoms with Crippen molar-refractivity contribution in [1.29, 1.82) is 0 Å². The van der Waals surface area contributed by atoms with Crippen LogP contribution in [0.1, 0.15) is 6.92 Å². The van der Waals surface area contributed by atoms with Crippen molar-refractivity contribution in [2.24, 2.45) is 0 Å². The molecule has 0 aliphatic rings. The fourth-order valence-corrected chi connectivity index (χ4v) is 3.73. The summed E-state index contributed by atoms with van der Waals surface area (Å²) in [6.45, 7) is 1.82. The quantitative estimate of drug-likeness (QED) is 0.836. The molecule has 3 N–H and O–H groups in total. The Morgan fingerprint density at radius 2 is 2.22 bits per heavy atom. The van der Waals surface area contributed by atoms with Crippen LogP contribution in [0.3, 0.4) is 0 Å². The molecule has 0 aliphatic carbocycles. The predicted molar refractivity (Wildman–Crippen MR) is 76.8 cm³/mol. The van der Waals surface area contributed by atoms with E-state index >= 15 is 0 Å². The number of aromatic nitrogens is 1. The number of anilines is 2. The Bertz CT molecular complexity index is 664. The summed E-state index contributed by atoms with van der Waals surface area (Å²) < 4.78 is 23.3. The van der Waals surface area contributed by atoms with Crippen LogP contribution in [0.2, 0.25) is 0 Å². The molecule has 7 heteroatoms. The van der Waals surface area contributed by atoms with Crippen molar-refractivity contribution in [1.82, 2.24) is 4.98 Å². The van der Waals surface area contributed by atoms with E-state index in [9.17, 15) is 8.42 Å². The third-order valence-electron chi connectivity index (χ3n) is 2.34. The van der Waals surface area contributed by atoms with Crippen molar-refractivity contribution >= 4 is 42.2 Å². The smallest absolute Gasteiger partial charge is 0.184 e. The summed E-state index contributed by atoms with van der Waals surface area (Å²) >= 11 is 1.47. The Morgan fingerprint density at radius 1 is 1.50 bits per heavy atom. The van der Waals surface area contributed by atoms with Crippen LogP contribution >= 0.6 is 11.3 Å². The molecule has 0 radical (unpaired) electrons. The third-order valence-corrected chi connectivity index (χ3v) is 4.39. The number of nitrogens with zero attached hydrogens (tertiary/aromatic N) is 1. The lowest BCUT2D eigenvalue weighted by Crippen LogP contribution is -2.24. The summed E-state index contributed by atoms with van der Waals surface area (Å²) in [5, 5.41) is 3.81. The molecule has 1 unspecified atom stereocenters. The molecule has 2 aromatic rings. The van der Waals surface area contributed by atoms with Gasteiger partial charge < -0.3 is 11.1 Å². The number of rotatable bonds is 4. The zero-order chi connectivity index (χ0) is 13.3. The largest absolute Gasteiger partial charge is 0.399 e. The summed E-state index contributed by atoms with van der Waals surface area (Å²) in [4.78, 5) is 4.38. The third kappa shape index (κ3) is 3.33. The fraction of sp³-hybridized carbons (Fsp3) is 0.364. The highest BCUT2D eigenvalue weighted by molar-refractivity contribution is 7.90. The Morgan fingerprint density at radius 3 is 2.89 bits per heavy atom. The second kappa shape index (κ2) is 4.74. The number of hydrogen-bond donors (Lipinski definition) is 2. The predicted octanol–water partition coefficient (Wildman–Crippen LogP) is 1.72. The fourth-order valence-electron chi connectivity index (χ4n) is 1.71. The van der Waals surface area contributed by atoms with E-state index in [1.165, 1.54) is 17.6 Å². The maximum absolute atomic E-state index is 11.2. The van der Waals surface area contributed by atoms with Gasteiger partial charge in [-0.05, 0) is 25.1 Å². The lowest BCUT2D eigenvalue weighted by atomic mass is 10.3. The van der Waals surface area contributed by atoms with Crippen molar-refractivity contribution in [3.63, 3.8) is 0 Å². The van der Waals surface area contributed by atoms with Crippen molar-refractivity contribution in [2.45, 2.75) is 13.0 Å². The number of benzene rings is 1. The highest BCUT2D eigenvalue weighted by atomic mass is 32.2. The lowest BCUT2D eigenvalue weighted by molar-refractivity contribution is 0.598. The Hall–Kier alpha value is -1.34. The van der Waals surface area contributed by atoms with Crippen molar-refractivity contribution in [3.8, 4) is 0 Å². The molecule has 0 saturated carbocycles. The van der Waals surface area contributed by atoms with Gasteiger partial charge in [0.25, 0.3) is 0 Å². The molecule has 0 saturated heterocycles. The first-order valence-corrected chi connectivity index (χ1v) is 8.31. The Labute approximate surface area is 110 Å². The van der Waals surface area contributed by atoms with Gasteiger partial charge in [-0.1, -0.05) is 11.3 Å². The summed E-state index contributed by atoms with van der Waals surface area (Å²) in [5.41, 5.74) is 7.26. The number of nitrogen functional groups attached to an aromatic ring is 1. The molecular formula is C11H15N3O2S2. The summed E-state index contributed by atoms with van der Waals surface area (Å²) in [7, 11) is -2.99. The Kier molecular flexibility index (Phi) is 3.45. The van der Waals surface area contributed by atoms with Gasteiger partial charge in [0.1, 0.15) is 9.84 Å². The topological polar surface area (TPSA) is 85.1 Å². The number of fused-ring (bicyclic) bond motifs is 1. The van der Waals surface area contributed by atoms with E-state index in [0.29, 0.717) is 10.8 Å². The first-order valence-electron chi connectivity index (χ1n) is 5.44. The van der Waals surface area contributed by atoms with E-state index in [4.69, 9.17) is 5.73 Å². The van der Waals surface area contributed by atoms with Gasteiger partial charge in [0.15, 0.2) is 5.13 Å². The highest BCUT2D eigenvalue weighted by Crippen LogP contribution is 2.27. The average Bonchev–Trinajstić information content (AvgIpc) is 2.55. The minimum atomic E-state index is -2.99. The van der Waals surface area contributed by atoms with Crippen molar-refractivity contribution < 1.29 is 8.42 Å². The van der Waals surface area contributed by atoms with Gasteiger partial charge >= 0.3 is 0 Å². The molecule has 1 aromatic heterocycles. The molecule has 0 spiro atoms. The molecule has 1 atom stereocenters. The molecule has 0 bridgehead atoms. The van der Waals surface area contributed by atoms with Crippen LogP contribution in [0.4, 0.5) is 10.8 Å². The molecule has 2 rings (SSSR count). The maximum Gasteiger partial charge on any atom is 0.184 e. The second-order valence-electron chi connectivity index (χ2n) is 4.38. The molecule has 1 aromatic carbocycles. The summed E-state index contributed by atoms with van der Waals surface area (Å²) in [5.74, 6) is 0.0884. The van der Waals surface area contributed by atoms with Crippen LogP contribution < -0.4 is 11.1 Å². The second-order valence-corrected chi connectivity index (χ2v) is 7.60. The van der Waals surface area contributed by atoms with Crippen LogP contribution in [0.15, 0.2) is 18.2 Å². The summed E-state index contributed by atoms with van der Waals surface area (Å²) in [6, 6.07) is 5.34. The zero-order valence-corrected chi connectivity index (χ0v) is 11.8. The highest BCUT2D eigenvalue weighted by Gasteiger charge is 2.12.